The SMILES string of the molecule is C/C(C=O)=C\[C@H](C(C)C)N(C)C(=O)[C@@H](NC(=O)[C@@H](NC(=O)OC(C)(C)C)C(C)(C)c1ccccc1)C(C)(C)C. The minimum atomic E-state index is -1.05. The predicted molar refractivity (Wildman–Crippen MR) is 155 cm³/mol. The number of rotatable bonds is 10. The molecule has 2 N–H and O–H groups in total. The summed E-state index contributed by atoms with van der Waals surface area (Å²) in [4.78, 5) is 53.5. The molecular formula is C31H49N3O5. The molecule has 3 atom stereocenters. The summed E-state index contributed by atoms with van der Waals surface area (Å²) in [5.74, 6) is -0.765. The highest BCUT2D eigenvalue weighted by Crippen LogP contribution is 2.29. The number of ether oxygens (including phenoxy) is 1. The van der Waals surface area contributed by atoms with Gasteiger partial charge in [0.15, 0.2) is 0 Å². The van der Waals surface area contributed by atoms with E-state index in [0.29, 0.717) is 5.57 Å². The van der Waals surface area contributed by atoms with E-state index in [1.165, 1.54) is 0 Å². The van der Waals surface area contributed by atoms with Crippen molar-refractivity contribution in [1.82, 2.24) is 15.5 Å². The van der Waals surface area contributed by atoms with Gasteiger partial charge in [0.1, 0.15) is 24.0 Å². The van der Waals surface area contributed by atoms with Crippen molar-refractivity contribution in [2.45, 2.75) is 105 Å². The van der Waals surface area contributed by atoms with Crippen LogP contribution in [0.4, 0.5) is 4.79 Å². The Labute approximate surface area is 234 Å². The smallest absolute Gasteiger partial charge is 0.408 e. The summed E-state index contributed by atoms with van der Waals surface area (Å²) in [6.07, 6.45) is 1.80. The minimum absolute atomic E-state index is 0.0313. The lowest BCUT2D eigenvalue weighted by Crippen LogP contribution is -2.63. The number of carbonyl (C=O) groups is 4. The second-order valence-electron chi connectivity index (χ2n) is 13.2. The van der Waals surface area contributed by atoms with Crippen LogP contribution in [0.25, 0.3) is 0 Å². The van der Waals surface area contributed by atoms with Gasteiger partial charge in [0, 0.05) is 12.5 Å². The van der Waals surface area contributed by atoms with Crippen molar-refractivity contribution >= 4 is 24.2 Å². The molecule has 39 heavy (non-hydrogen) atoms. The van der Waals surface area contributed by atoms with Crippen molar-refractivity contribution in [2.24, 2.45) is 11.3 Å². The minimum Gasteiger partial charge on any atom is -0.444 e. The molecule has 0 fully saturated rings. The first-order chi connectivity index (χ1) is 17.7. The van der Waals surface area contributed by atoms with Crippen molar-refractivity contribution in [2.75, 3.05) is 7.05 Å². The van der Waals surface area contributed by atoms with Gasteiger partial charge in [0.05, 0.1) is 6.04 Å². The molecule has 0 radical (unpaired) electrons. The third kappa shape index (κ3) is 9.83. The molecule has 0 aliphatic rings. The summed E-state index contributed by atoms with van der Waals surface area (Å²) in [5, 5.41) is 5.72. The first-order valence-electron chi connectivity index (χ1n) is 13.5. The number of amides is 3. The van der Waals surface area contributed by atoms with Crippen LogP contribution in [-0.4, -0.2) is 59.9 Å². The Balaban J connectivity index is 3.47. The van der Waals surface area contributed by atoms with Crippen LogP contribution in [0.5, 0.6) is 0 Å². The van der Waals surface area contributed by atoms with Crippen LogP contribution in [0, 0.1) is 11.3 Å². The lowest BCUT2D eigenvalue weighted by molar-refractivity contribution is -0.140. The van der Waals surface area contributed by atoms with Crippen molar-refractivity contribution in [3.63, 3.8) is 0 Å². The van der Waals surface area contributed by atoms with E-state index >= 15 is 0 Å². The van der Waals surface area contributed by atoms with Crippen LogP contribution in [0.3, 0.4) is 0 Å². The maximum atomic E-state index is 14.0. The molecular weight excluding hydrogens is 494 g/mol. The fourth-order valence-corrected chi connectivity index (χ4v) is 4.32. The number of likely N-dealkylation sites (N-methyl/N-ethyl adjacent to an activating group) is 1. The monoisotopic (exact) mass is 543 g/mol. The molecule has 1 aromatic carbocycles. The average Bonchev–Trinajstić information content (AvgIpc) is 2.81. The van der Waals surface area contributed by atoms with Gasteiger partial charge in [-0.3, -0.25) is 14.4 Å². The van der Waals surface area contributed by atoms with Crippen LogP contribution in [0.2, 0.25) is 0 Å². The maximum Gasteiger partial charge on any atom is 0.408 e. The Kier molecular flexibility index (Phi) is 11.5. The van der Waals surface area contributed by atoms with Crippen molar-refractivity contribution < 1.29 is 23.9 Å². The van der Waals surface area contributed by atoms with Gasteiger partial charge < -0.3 is 20.3 Å². The van der Waals surface area contributed by atoms with Crippen LogP contribution in [0.15, 0.2) is 42.0 Å². The average molecular weight is 544 g/mol. The van der Waals surface area contributed by atoms with Crippen LogP contribution < -0.4 is 10.6 Å². The number of nitrogens with zero attached hydrogens (tertiary/aromatic N) is 1. The summed E-state index contributed by atoms with van der Waals surface area (Å²) in [6, 6.07) is 7.12. The number of alkyl carbamates (subject to hydrolysis) is 1. The molecule has 0 aliphatic carbocycles. The molecule has 8 nitrogen and oxygen atoms in total. The van der Waals surface area contributed by atoms with Crippen LogP contribution in [0.1, 0.15) is 81.7 Å². The van der Waals surface area contributed by atoms with Gasteiger partial charge in [0.2, 0.25) is 11.8 Å². The molecule has 0 bridgehead atoms. The van der Waals surface area contributed by atoms with E-state index in [0.717, 1.165) is 11.8 Å². The zero-order valence-corrected chi connectivity index (χ0v) is 25.8. The molecule has 0 aromatic heterocycles. The van der Waals surface area contributed by atoms with E-state index in [2.05, 4.69) is 10.6 Å². The fourth-order valence-electron chi connectivity index (χ4n) is 4.32. The Morgan fingerprint density at radius 3 is 1.87 bits per heavy atom. The number of aldehydes is 1. The van der Waals surface area contributed by atoms with Crippen LogP contribution in [-0.2, 0) is 24.5 Å². The normalized spacial score (nSPS) is 15.2. The molecule has 0 saturated carbocycles. The highest BCUT2D eigenvalue weighted by Gasteiger charge is 2.43. The first-order valence-corrected chi connectivity index (χ1v) is 13.5. The summed E-state index contributed by atoms with van der Waals surface area (Å²) < 4.78 is 5.47. The summed E-state index contributed by atoms with van der Waals surface area (Å²) in [7, 11) is 1.68. The Bertz CT molecular complexity index is 1030. The first kappa shape index (κ1) is 33.9. The van der Waals surface area contributed by atoms with Gasteiger partial charge in [-0.1, -0.05) is 84.9 Å². The van der Waals surface area contributed by atoms with Crippen molar-refractivity contribution in [1.29, 1.82) is 0 Å². The molecule has 1 aromatic rings. The number of benzene rings is 1. The summed E-state index contributed by atoms with van der Waals surface area (Å²) >= 11 is 0. The van der Waals surface area contributed by atoms with Crippen LogP contribution >= 0.6 is 0 Å². The molecule has 0 aliphatic heterocycles. The van der Waals surface area contributed by atoms with Gasteiger partial charge in [-0.05, 0) is 50.2 Å². The zero-order chi connectivity index (χ0) is 30.3. The van der Waals surface area contributed by atoms with E-state index in [1.54, 1.807) is 45.7 Å². The molecule has 3 amide bonds. The Morgan fingerprint density at radius 2 is 1.44 bits per heavy atom. The van der Waals surface area contributed by atoms with E-state index in [4.69, 9.17) is 4.74 Å². The number of carbonyl (C=O) groups excluding carboxylic acids is 4. The van der Waals surface area contributed by atoms with Crippen molar-refractivity contribution in [3.05, 3.63) is 47.5 Å². The lowest BCUT2D eigenvalue weighted by Gasteiger charge is -2.40. The predicted octanol–water partition coefficient (Wildman–Crippen LogP) is 5.02. The number of hydrogen-bond donors (Lipinski definition) is 2. The van der Waals surface area contributed by atoms with Crippen molar-refractivity contribution in [3.8, 4) is 0 Å². The topological polar surface area (TPSA) is 105 Å². The zero-order valence-electron chi connectivity index (χ0n) is 25.8. The number of nitrogens with one attached hydrogen (secondary N) is 2. The number of hydrogen-bond acceptors (Lipinski definition) is 5. The molecule has 0 unspecified atom stereocenters. The molecule has 8 heteroatoms. The highest BCUT2D eigenvalue weighted by molar-refractivity contribution is 5.93. The van der Waals surface area contributed by atoms with E-state index in [9.17, 15) is 19.2 Å². The second kappa shape index (κ2) is 13.3. The molecule has 0 saturated heterocycles. The van der Waals surface area contributed by atoms with E-state index in [1.807, 2.05) is 78.8 Å². The Morgan fingerprint density at radius 1 is 0.897 bits per heavy atom. The quantitative estimate of drug-likeness (QED) is 0.319. The fraction of sp³-hybridized carbons (Fsp3) is 0.613. The van der Waals surface area contributed by atoms with E-state index < -0.39 is 40.5 Å². The molecule has 0 heterocycles. The highest BCUT2D eigenvalue weighted by atomic mass is 16.6. The van der Waals surface area contributed by atoms with Gasteiger partial charge in [-0.15, -0.1) is 0 Å². The lowest BCUT2D eigenvalue weighted by atomic mass is 9.76. The number of allylic oxidation sites excluding steroid dienone is 1. The summed E-state index contributed by atoms with van der Waals surface area (Å²) in [6.45, 7) is 20.2. The second-order valence-corrected chi connectivity index (χ2v) is 13.2. The van der Waals surface area contributed by atoms with Gasteiger partial charge >= 0.3 is 6.09 Å². The largest absolute Gasteiger partial charge is 0.444 e. The third-order valence-corrected chi connectivity index (χ3v) is 6.66. The Hall–Kier alpha value is -3.16. The van der Waals surface area contributed by atoms with Gasteiger partial charge in [-0.2, -0.15) is 0 Å². The van der Waals surface area contributed by atoms with Gasteiger partial charge in [0.25, 0.3) is 0 Å². The third-order valence-electron chi connectivity index (χ3n) is 6.66. The summed E-state index contributed by atoms with van der Waals surface area (Å²) in [5.41, 5.74) is -0.890. The molecule has 1 rings (SSSR count). The standard InChI is InChI=1S/C31H49N3O5/c1-20(2)23(18-21(3)19-35)34(12)27(37)25(29(4,5)6)32-26(36)24(33-28(38)39-30(7,8)9)31(10,11)22-16-14-13-15-17-22/h13-20,23-25H,1-12H3,(H,32,36)(H,33,38)/b21-18+/t23-,24-,25-/m1/s1. The molecule has 0 spiro atoms. The maximum absolute atomic E-state index is 14.0. The van der Waals surface area contributed by atoms with E-state index in [-0.39, 0.29) is 17.9 Å². The van der Waals surface area contributed by atoms with Gasteiger partial charge in [-0.25, -0.2) is 4.79 Å². The molecule has 218 valence electrons.